The Hall–Kier alpha value is -2.53. The van der Waals surface area contributed by atoms with Gasteiger partial charge in [-0.3, -0.25) is 4.79 Å². The van der Waals surface area contributed by atoms with Crippen LogP contribution in [-0.2, 0) is 4.79 Å². The molecule has 8 heteroatoms. The van der Waals surface area contributed by atoms with Gasteiger partial charge in [0.05, 0.1) is 10.9 Å². The van der Waals surface area contributed by atoms with Crippen molar-refractivity contribution in [1.29, 1.82) is 5.26 Å². The highest BCUT2D eigenvalue weighted by molar-refractivity contribution is 8.00. The van der Waals surface area contributed by atoms with E-state index in [1.807, 2.05) is 6.07 Å². The van der Waals surface area contributed by atoms with Crippen molar-refractivity contribution < 1.29 is 13.6 Å². The van der Waals surface area contributed by atoms with Crippen LogP contribution in [0.15, 0.2) is 23.2 Å². The molecule has 1 atom stereocenters. The predicted molar refractivity (Wildman–Crippen MR) is 86.5 cm³/mol. The number of aryl methyl sites for hydroxylation is 2. The van der Waals surface area contributed by atoms with Crippen LogP contribution >= 0.6 is 11.8 Å². The van der Waals surface area contributed by atoms with Gasteiger partial charge in [-0.05, 0) is 32.9 Å². The number of nitrogens with zero attached hydrogens (tertiary/aromatic N) is 3. The highest BCUT2D eigenvalue weighted by Crippen LogP contribution is 2.27. The summed E-state index contributed by atoms with van der Waals surface area (Å²) in [6.07, 6.45) is 0. The number of thioether (sulfide) groups is 1. The highest BCUT2D eigenvalue weighted by atomic mass is 32.2. The number of anilines is 1. The fourth-order valence-corrected chi connectivity index (χ4v) is 2.93. The first-order valence-corrected chi connectivity index (χ1v) is 7.87. The lowest BCUT2D eigenvalue weighted by Gasteiger charge is -2.13. The molecule has 2 rings (SSSR count). The number of hydrogen-bond donors (Lipinski definition) is 1. The van der Waals surface area contributed by atoms with Crippen LogP contribution in [0.25, 0.3) is 0 Å². The molecule has 1 amide bonds. The number of nitrogens with one attached hydrogen (secondary N) is 1. The molecule has 1 aromatic carbocycles. The van der Waals surface area contributed by atoms with E-state index in [9.17, 15) is 18.8 Å². The standard InChI is InChI=1S/C16H14F2N4OS/c1-8-12(7-19)16(21-10(3)20-8)24-9(2)15(23)22-11-4-5-13(17)14(18)6-11/h4-6,9H,1-3H3,(H,22,23). The summed E-state index contributed by atoms with van der Waals surface area (Å²) in [5.74, 6) is -1.94. The maximum Gasteiger partial charge on any atom is 0.237 e. The molecule has 2 aromatic rings. The van der Waals surface area contributed by atoms with Gasteiger partial charge in [0.25, 0.3) is 0 Å². The van der Waals surface area contributed by atoms with Gasteiger partial charge in [-0.2, -0.15) is 5.26 Å². The van der Waals surface area contributed by atoms with Gasteiger partial charge in [-0.25, -0.2) is 18.7 Å². The zero-order valence-electron chi connectivity index (χ0n) is 13.2. The van der Waals surface area contributed by atoms with Crippen molar-refractivity contribution in [3.05, 3.63) is 46.9 Å². The molecule has 0 radical (unpaired) electrons. The molecule has 0 aliphatic carbocycles. The third-order valence-corrected chi connectivity index (χ3v) is 4.21. The molecule has 124 valence electrons. The number of halogens is 2. The van der Waals surface area contributed by atoms with Crippen LogP contribution in [0.2, 0.25) is 0 Å². The van der Waals surface area contributed by atoms with E-state index in [-0.39, 0.29) is 5.69 Å². The van der Waals surface area contributed by atoms with Crippen molar-refractivity contribution in [3.63, 3.8) is 0 Å². The van der Waals surface area contributed by atoms with E-state index in [0.717, 1.165) is 23.9 Å². The Morgan fingerprint density at radius 1 is 1.29 bits per heavy atom. The molecule has 24 heavy (non-hydrogen) atoms. The Kier molecular flexibility index (Phi) is 5.46. The van der Waals surface area contributed by atoms with Crippen LogP contribution < -0.4 is 5.32 Å². The molecule has 0 spiro atoms. The van der Waals surface area contributed by atoms with Crippen LogP contribution in [-0.4, -0.2) is 21.1 Å². The third-order valence-electron chi connectivity index (χ3n) is 3.13. The number of aromatic nitrogens is 2. The van der Waals surface area contributed by atoms with Gasteiger partial charge in [-0.15, -0.1) is 0 Å². The summed E-state index contributed by atoms with van der Waals surface area (Å²) in [4.78, 5) is 20.5. The molecule has 1 N–H and O–H groups in total. The van der Waals surface area contributed by atoms with Crippen LogP contribution in [0.3, 0.4) is 0 Å². The first-order chi connectivity index (χ1) is 11.3. The second-order valence-electron chi connectivity index (χ2n) is 5.03. The number of carbonyl (C=O) groups excluding carboxylic acids is 1. The highest BCUT2D eigenvalue weighted by Gasteiger charge is 2.19. The Bertz CT molecular complexity index is 836. The number of carbonyl (C=O) groups is 1. The molecule has 0 bridgehead atoms. The summed E-state index contributed by atoms with van der Waals surface area (Å²) in [5.41, 5.74) is 1.01. The summed E-state index contributed by atoms with van der Waals surface area (Å²) < 4.78 is 26.1. The van der Waals surface area contributed by atoms with Crippen molar-refractivity contribution >= 4 is 23.4 Å². The lowest BCUT2D eigenvalue weighted by Crippen LogP contribution is -2.23. The van der Waals surface area contributed by atoms with Crippen LogP contribution in [0.4, 0.5) is 14.5 Å². The Balaban J connectivity index is 2.15. The molecule has 1 unspecified atom stereocenters. The monoisotopic (exact) mass is 348 g/mol. The lowest BCUT2D eigenvalue weighted by atomic mass is 10.3. The number of amides is 1. The van der Waals surface area contributed by atoms with Crippen LogP contribution in [0.1, 0.15) is 24.0 Å². The van der Waals surface area contributed by atoms with Crippen molar-refractivity contribution in [1.82, 2.24) is 9.97 Å². The van der Waals surface area contributed by atoms with Crippen molar-refractivity contribution in [3.8, 4) is 6.07 Å². The second kappa shape index (κ2) is 7.36. The minimum absolute atomic E-state index is 0.155. The van der Waals surface area contributed by atoms with E-state index in [0.29, 0.717) is 22.1 Å². The number of benzene rings is 1. The van der Waals surface area contributed by atoms with E-state index in [1.54, 1.807) is 20.8 Å². The first kappa shape index (κ1) is 17.8. The maximum absolute atomic E-state index is 13.2. The van der Waals surface area contributed by atoms with Crippen LogP contribution in [0.5, 0.6) is 0 Å². The van der Waals surface area contributed by atoms with Crippen molar-refractivity contribution in [2.45, 2.75) is 31.0 Å². The van der Waals surface area contributed by atoms with Gasteiger partial charge in [-0.1, -0.05) is 11.8 Å². The fraction of sp³-hybridized carbons (Fsp3) is 0.250. The van der Waals surface area contributed by atoms with E-state index in [2.05, 4.69) is 15.3 Å². The smallest absolute Gasteiger partial charge is 0.237 e. The average Bonchev–Trinajstić information content (AvgIpc) is 2.50. The Morgan fingerprint density at radius 2 is 2.00 bits per heavy atom. The normalized spacial score (nSPS) is 11.7. The summed E-state index contributed by atoms with van der Waals surface area (Å²) >= 11 is 1.10. The molecular weight excluding hydrogens is 334 g/mol. The lowest BCUT2D eigenvalue weighted by molar-refractivity contribution is -0.115. The van der Waals surface area contributed by atoms with E-state index in [1.165, 1.54) is 6.07 Å². The zero-order valence-corrected chi connectivity index (χ0v) is 14.0. The molecule has 0 aliphatic rings. The van der Waals surface area contributed by atoms with Crippen molar-refractivity contribution in [2.75, 3.05) is 5.32 Å². The topological polar surface area (TPSA) is 78.7 Å². The third kappa shape index (κ3) is 4.06. The zero-order chi connectivity index (χ0) is 17.9. The predicted octanol–water partition coefficient (Wildman–Crippen LogP) is 3.36. The van der Waals surface area contributed by atoms with Gasteiger partial charge in [0.15, 0.2) is 11.6 Å². The van der Waals surface area contributed by atoms with Gasteiger partial charge in [0, 0.05) is 11.8 Å². The van der Waals surface area contributed by atoms with E-state index in [4.69, 9.17) is 0 Å². The average molecular weight is 348 g/mol. The molecule has 0 saturated carbocycles. The molecule has 0 fully saturated rings. The van der Waals surface area contributed by atoms with Crippen molar-refractivity contribution in [2.24, 2.45) is 0 Å². The fourth-order valence-electron chi connectivity index (χ4n) is 1.93. The second-order valence-corrected chi connectivity index (χ2v) is 6.36. The van der Waals surface area contributed by atoms with E-state index < -0.39 is 22.8 Å². The quantitative estimate of drug-likeness (QED) is 0.677. The van der Waals surface area contributed by atoms with Gasteiger partial charge >= 0.3 is 0 Å². The summed E-state index contributed by atoms with van der Waals surface area (Å²) in [6, 6.07) is 5.15. The number of hydrogen-bond acceptors (Lipinski definition) is 5. The van der Waals surface area contributed by atoms with Gasteiger partial charge < -0.3 is 5.32 Å². The number of nitriles is 1. The molecule has 0 saturated heterocycles. The SMILES string of the molecule is Cc1nc(C)c(C#N)c(SC(C)C(=O)Nc2ccc(F)c(F)c2)n1. The maximum atomic E-state index is 13.2. The number of rotatable bonds is 4. The van der Waals surface area contributed by atoms with Crippen LogP contribution in [0, 0.1) is 36.8 Å². The molecular formula is C16H14F2N4OS. The largest absolute Gasteiger partial charge is 0.325 e. The molecule has 1 aromatic heterocycles. The minimum atomic E-state index is -1.04. The summed E-state index contributed by atoms with van der Waals surface area (Å²) in [5, 5.41) is 11.5. The van der Waals surface area contributed by atoms with E-state index >= 15 is 0 Å². The Labute approximate surface area is 142 Å². The molecule has 1 heterocycles. The summed E-state index contributed by atoms with van der Waals surface area (Å²) in [7, 11) is 0. The first-order valence-electron chi connectivity index (χ1n) is 6.99. The van der Waals surface area contributed by atoms with Gasteiger partial charge in [0.2, 0.25) is 5.91 Å². The summed E-state index contributed by atoms with van der Waals surface area (Å²) in [6.45, 7) is 5.03. The molecule has 5 nitrogen and oxygen atoms in total. The Morgan fingerprint density at radius 3 is 2.62 bits per heavy atom. The molecule has 0 aliphatic heterocycles. The minimum Gasteiger partial charge on any atom is -0.325 e. The van der Waals surface area contributed by atoms with Gasteiger partial charge in [0.1, 0.15) is 22.5 Å².